The third-order valence-corrected chi connectivity index (χ3v) is 11.1. The standard InChI is InChI=1S/C48H78N12O10/c1-26(2)18-34(55-41(62)32(50)22-31-24-52-25-53-31)43(64)54-33(16-12-13-17-49)42(63)57-36(21-30-14-10-9-11-15-30)45(66)56-35(19-27(3)4)44(65)58-37(23-39(51)61)46(67)60-40(29(7)8)47(68)59-38(48(69)70)20-28(5)6/h9-11,14-15,24-29,32-38,40H,12-13,16-23,49-50H2,1-8H3,(H2,51,61)(H,52,53)(H,54,64)(H,55,62)(H,56,66)(H,57,63)(H,58,65)(H,59,68)(H,60,67)(H,69,70)/t32-,33-,34-,35-,36-,37-,38-,40-/m0/s1. The molecule has 1 aromatic heterocycles. The fourth-order valence-corrected chi connectivity index (χ4v) is 7.47. The maximum atomic E-state index is 14.4. The molecule has 0 aliphatic carbocycles. The number of hydrogen-bond donors (Lipinski definition) is 12. The van der Waals surface area contributed by atoms with Crippen molar-refractivity contribution in [2.24, 2.45) is 40.9 Å². The lowest BCUT2D eigenvalue weighted by atomic mass is 9.99. The molecule has 2 rings (SSSR count). The lowest BCUT2D eigenvalue weighted by molar-refractivity contribution is -0.143. The first-order valence-corrected chi connectivity index (χ1v) is 24.0. The molecule has 0 radical (unpaired) electrons. The van der Waals surface area contributed by atoms with Crippen molar-refractivity contribution in [1.29, 1.82) is 0 Å². The third kappa shape index (κ3) is 21.9. The molecule has 390 valence electrons. The van der Waals surface area contributed by atoms with Gasteiger partial charge in [0.2, 0.25) is 47.3 Å². The van der Waals surface area contributed by atoms with E-state index in [1.54, 1.807) is 78.1 Å². The second-order valence-corrected chi connectivity index (χ2v) is 19.3. The molecule has 0 bridgehead atoms. The number of carbonyl (C=O) groups is 9. The molecule has 0 saturated carbocycles. The fraction of sp³-hybridized carbons (Fsp3) is 0.625. The van der Waals surface area contributed by atoms with Gasteiger partial charge >= 0.3 is 5.97 Å². The normalized spacial score (nSPS) is 14.8. The van der Waals surface area contributed by atoms with Crippen LogP contribution in [0.15, 0.2) is 42.9 Å². The van der Waals surface area contributed by atoms with Crippen molar-refractivity contribution in [3.63, 3.8) is 0 Å². The zero-order chi connectivity index (χ0) is 52.7. The van der Waals surface area contributed by atoms with E-state index in [1.807, 2.05) is 13.8 Å². The van der Waals surface area contributed by atoms with E-state index in [0.717, 1.165) is 0 Å². The summed E-state index contributed by atoms with van der Waals surface area (Å²) in [5.74, 6) is -8.54. The van der Waals surface area contributed by atoms with E-state index >= 15 is 0 Å². The van der Waals surface area contributed by atoms with Crippen molar-refractivity contribution < 1.29 is 48.3 Å². The van der Waals surface area contributed by atoms with Crippen LogP contribution >= 0.6 is 0 Å². The zero-order valence-corrected chi connectivity index (χ0v) is 41.8. The highest BCUT2D eigenvalue weighted by atomic mass is 16.4. The maximum absolute atomic E-state index is 14.4. The van der Waals surface area contributed by atoms with Crippen LogP contribution < -0.4 is 54.4 Å². The molecule has 0 saturated heterocycles. The number of carbonyl (C=O) groups excluding carboxylic acids is 8. The smallest absolute Gasteiger partial charge is 0.326 e. The number of H-pyrrole nitrogens is 1. The first-order valence-electron chi connectivity index (χ1n) is 24.0. The van der Waals surface area contributed by atoms with Crippen molar-refractivity contribution in [2.45, 2.75) is 162 Å². The molecule has 0 spiro atoms. The summed E-state index contributed by atoms with van der Waals surface area (Å²) in [6, 6.07) is -1.34. The number of carboxylic acid groups (broad SMARTS) is 1. The van der Waals surface area contributed by atoms with E-state index in [4.69, 9.17) is 17.2 Å². The lowest BCUT2D eigenvalue weighted by Crippen LogP contribution is -2.61. The lowest BCUT2D eigenvalue weighted by Gasteiger charge is -2.29. The second kappa shape index (κ2) is 30.2. The molecule has 0 aliphatic rings. The Morgan fingerprint density at radius 1 is 0.586 bits per heavy atom. The minimum absolute atomic E-state index is 0.0318. The van der Waals surface area contributed by atoms with E-state index in [2.05, 4.69) is 47.2 Å². The highest BCUT2D eigenvalue weighted by Gasteiger charge is 2.36. The number of aliphatic carboxylic acids is 1. The van der Waals surface area contributed by atoms with E-state index < -0.39 is 114 Å². The van der Waals surface area contributed by atoms with E-state index in [0.29, 0.717) is 30.6 Å². The van der Waals surface area contributed by atoms with Crippen LogP contribution in [0.3, 0.4) is 0 Å². The van der Waals surface area contributed by atoms with Crippen LogP contribution in [0.2, 0.25) is 0 Å². The quantitative estimate of drug-likeness (QED) is 0.0423. The fourth-order valence-electron chi connectivity index (χ4n) is 7.47. The van der Waals surface area contributed by atoms with E-state index in [9.17, 15) is 48.3 Å². The molecular formula is C48H78N12O10. The molecule has 70 heavy (non-hydrogen) atoms. The highest BCUT2D eigenvalue weighted by Crippen LogP contribution is 2.13. The van der Waals surface area contributed by atoms with Crippen LogP contribution in [0, 0.1) is 23.7 Å². The predicted molar refractivity (Wildman–Crippen MR) is 261 cm³/mol. The summed E-state index contributed by atoms with van der Waals surface area (Å²) >= 11 is 0. The number of amides is 8. The topological polar surface area (TPSA) is 365 Å². The van der Waals surface area contributed by atoms with Crippen LogP contribution in [-0.4, -0.2) is 123 Å². The Morgan fingerprint density at radius 2 is 1.06 bits per heavy atom. The zero-order valence-electron chi connectivity index (χ0n) is 41.8. The molecule has 1 aromatic carbocycles. The summed E-state index contributed by atoms with van der Waals surface area (Å²) in [6.45, 7) is 14.4. The van der Waals surface area contributed by atoms with Gasteiger partial charge in [-0.2, -0.15) is 0 Å². The maximum Gasteiger partial charge on any atom is 0.326 e. The van der Waals surface area contributed by atoms with Gasteiger partial charge in [-0.15, -0.1) is 0 Å². The van der Waals surface area contributed by atoms with Crippen LogP contribution in [0.5, 0.6) is 0 Å². The Kier molecular flexibility index (Phi) is 25.8. The first-order chi connectivity index (χ1) is 32.9. The van der Waals surface area contributed by atoms with Crippen LogP contribution in [0.1, 0.15) is 112 Å². The van der Waals surface area contributed by atoms with Gasteiger partial charge in [0.1, 0.15) is 42.3 Å². The third-order valence-electron chi connectivity index (χ3n) is 11.1. The summed E-state index contributed by atoms with van der Waals surface area (Å²) in [5, 5.41) is 28.2. The molecule has 0 aliphatic heterocycles. The SMILES string of the molecule is CC(C)C[C@H](NC(=O)[C@@H](NC(=O)[C@H](CC(N)=O)NC(=O)[C@H](CC(C)C)NC(=O)[C@H](Cc1ccccc1)NC(=O)[C@H](CCCCN)NC(=O)[C@H](CC(C)C)NC(=O)[C@@H](N)Cc1c[nH]cn1)C(C)C)C(=O)O. The number of rotatable bonds is 32. The van der Waals surface area contributed by atoms with Gasteiger partial charge in [0.25, 0.3) is 0 Å². The monoisotopic (exact) mass is 983 g/mol. The Bertz CT molecular complexity index is 2010. The van der Waals surface area contributed by atoms with E-state index in [-0.39, 0.29) is 56.3 Å². The Labute approximate surface area is 410 Å². The van der Waals surface area contributed by atoms with Gasteiger partial charge in [-0.3, -0.25) is 38.4 Å². The van der Waals surface area contributed by atoms with Gasteiger partial charge in [0, 0.05) is 19.0 Å². The average Bonchev–Trinajstić information content (AvgIpc) is 3.79. The van der Waals surface area contributed by atoms with Crippen molar-refractivity contribution >= 4 is 53.2 Å². The minimum Gasteiger partial charge on any atom is -0.480 e. The van der Waals surface area contributed by atoms with Crippen LogP contribution in [0.4, 0.5) is 0 Å². The second-order valence-electron chi connectivity index (χ2n) is 19.3. The van der Waals surface area contributed by atoms with Crippen molar-refractivity contribution in [3.8, 4) is 0 Å². The number of primary amides is 1. The number of aromatic nitrogens is 2. The summed E-state index contributed by atoms with van der Waals surface area (Å²) in [5.41, 5.74) is 18.6. The molecule has 8 atom stereocenters. The number of carboxylic acids is 1. The van der Waals surface area contributed by atoms with E-state index in [1.165, 1.54) is 6.33 Å². The summed E-state index contributed by atoms with van der Waals surface area (Å²) < 4.78 is 0. The number of benzene rings is 1. The van der Waals surface area contributed by atoms with Crippen LogP contribution in [0.25, 0.3) is 0 Å². The number of aromatic amines is 1. The van der Waals surface area contributed by atoms with Gasteiger partial charge in [-0.05, 0) is 74.3 Å². The molecule has 8 amide bonds. The molecule has 0 fully saturated rings. The van der Waals surface area contributed by atoms with Crippen molar-refractivity contribution in [3.05, 3.63) is 54.1 Å². The summed E-state index contributed by atoms with van der Waals surface area (Å²) in [6.07, 6.45) is 3.84. The van der Waals surface area contributed by atoms with Gasteiger partial charge in [0.05, 0.1) is 24.5 Å². The highest BCUT2D eigenvalue weighted by molar-refractivity contribution is 5.98. The average molecular weight is 983 g/mol. The van der Waals surface area contributed by atoms with Gasteiger partial charge in [0.15, 0.2) is 0 Å². The predicted octanol–water partition coefficient (Wildman–Crippen LogP) is -0.201. The molecule has 1 heterocycles. The first kappa shape index (κ1) is 59.7. The number of nitrogens with one attached hydrogen (secondary N) is 8. The Balaban J connectivity index is 2.42. The molecule has 2 aromatic rings. The summed E-state index contributed by atoms with van der Waals surface area (Å²) in [4.78, 5) is 128. The van der Waals surface area contributed by atoms with Crippen molar-refractivity contribution in [2.75, 3.05) is 6.54 Å². The number of nitrogens with zero attached hydrogens (tertiary/aromatic N) is 1. The molecule has 0 unspecified atom stereocenters. The number of unbranched alkanes of at least 4 members (excludes halogenated alkanes) is 1. The van der Waals surface area contributed by atoms with Gasteiger partial charge < -0.3 is 64.5 Å². The number of nitrogens with two attached hydrogens (primary N) is 3. The molecule has 22 nitrogen and oxygen atoms in total. The Morgan fingerprint density at radius 3 is 1.56 bits per heavy atom. The Hall–Kier alpha value is -6.42. The summed E-state index contributed by atoms with van der Waals surface area (Å²) in [7, 11) is 0. The largest absolute Gasteiger partial charge is 0.480 e. The van der Waals surface area contributed by atoms with Gasteiger partial charge in [-0.1, -0.05) is 85.7 Å². The minimum atomic E-state index is -1.62. The number of imidazole rings is 1. The molecule has 22 heteroatoms. The van der Waals surface area contributed by atoms with Crippen LogP contribution in [-0.2, 0) is 56.0 Å². The van der Waals surface area contributed by atoms with Crippen molar-refractivity contribution in [1.82, 2.24) is 47.2 Å². The molecule has 15 N–H and O–H groups in total. The molecular weight excluding hydrogens is 905 g/mol. The number of hydrogen-bond acceptors (Lipinski definition) is 12. The van der Waals surface area contributed by atoms with Gasteiger partial charge in [-0.25, -0.2) is 9.78 Å².